The van der Waals surface area contributed by atoms with Crippen molar-refractivity contribution in [1.82, 2.24) is 9.88 Å². The fourth-order valence-corrected chi connectivity index (χ4v) is 5.26. The van der Waals surface area contributed by atoms with E-state index in [4.69, 9.17) is 9.26 Å². The Labute approximate surface area is 226 Å². The van der Waals surface area contributed by atoms with Gasteiger partial charge in [-0.05, 0) is 24.6 Å². The quantitative estimate of drug-likeness (QED) is 0.214. The Kier molecular flexibility index (Phi) is 11.0. The Hall–Kier alpha value is -1.96. The van der Waals surface area contributed by atoms with Gasteiger partial charge in [-0.3, -0.25) is 0 Å². The van der Waals surface area contributed by atoms with Gasteiger partial charge >= 0.3 is 35.7 Å². The number of sulfonamides is 1. The number of aryl methyl sites for hydroxylation is 1. The third-order valence-electron chi connectivity index (χ3n) is 4.24. The second kappa shape index (κ2) is 13.2. The van der Waals surface area contributed by atoms with Crippen LogP contribution in [-0.4, -0.2) is 43.7 Å². The minimum atomic E-state index is -4.14. The maximum atomic E-state index is 12.5. The molecule has 0 spiro atoms. The summed E-state index contributed by atoms with van der Waals surface area (Å²) in [6.07, 6.45) is -1.12. The van der Waals surface area contributed by atoms with E-state index in [0.29, 0.717) is 22.8 Å². The number of hydrogen-bond donors (Lipinski definition) is 1. The van der Waals surface area contributed by atoms with Gasteiger partial charge in [-0.15, -0.1) is 0 Å². The smallest absolute Gasteiger partial charge is 0.549 e. The number of nitrogens with one attached hydrogen (secondary N) is 1. The molecule has 9 nitrogen and oxygen atoms in total. The topological polar surface area (TPSA) is 139 Å². The van der Waals surface area contributed by atoms with Crippen LogP contribution in [0.5, 0.6) is 0 Å². The first-order valence-electron chi connectivity index (χ1n) is 9.54. The van der Waals surface area contributed by atoms with E-state index in [1.807, 2.05) is 35.1 Å². The Balaban J connectivity index is 0.00000408. The Bertz CT molecular complexity index is 1220. The molecule has 0 unspecified atom stereocenters. The average Bonchev–Trinajstić information content (AvgIpc) is 3.17. The van der Waals surface area contributed by atoms with Crippen molar-refractivity contribution < 1.29 is 61.9 Å². The Morgan fingerprint density at radius 1 is 1.06 bits per heavy atom. The zero-order chi connectivity index (χ0) is 23.8. The van der Waals surface area contributed by atoms with Gasteiger partial charge in [0.15, 0.2) is 0 Å². The molecule has 0 saturated heterocycles. The van der Waals surface area contributed by atoms with Crippen LogP contribution in [0, 0.1) is 6.92 Å². The number of rotatable bonds is 10. The molecule has 1 heterocycles. The summed E-state index contributed by atoms with van der Waals surface area (Å²) in [6, 6.07) is 15.4. The molecule has 0 fully saturated rings. The molecule has 0 aliphatic rings. The molecule has 13 heteroatoms. The van der Waals surface area contributed by atoms with Crippen molar-refractivity contribution in [2.24, 2.45) is 0 Å². The van der Waals surface area contributed by atoms with Gasteiger partial charge in [-0.1, -0.05) is 69.2 Å². The van der Waals surface area contributed by atoms with Crippen molar-refractivity contribution in [2.75, 3.05) is 18.1 Å². The first-order chi connectivity index (χ1) is 15.8. The molecule has 3 rings (SSSR count). The fourth-order valence-electron chi connectivity index (χ4n) is 2.82. The third kappa shape index (κ3) is 7.79. The van der Waals surface area contributed by atoms with Crippen LogP contribution in [0.4, 0.5) is 4.79 Å². The number of amides is 1. The molecule has 2 aromatic carbocycles. The standard InChI is InChI=1S/C21H20N2O7S3.Na/c1-14-19(15-5-3-2-4-6-15)20(22-30-14)16-7-9-17(10-8-16)33(27,28)23-21(26)29-11-12-31-32-13-18(24)25;/h2-10H,11-13H2,1H3,(H,23,26)(H,24,25);/q;+1/p-1. The number of carboxylic acid groups (broad SMARTS) is 1. The molecule has 0 aliphatic carbocycles. The summed E-state index contributed by atoms with van der Waals surface area (Å²) in [5.74, 6) is -0.463. The molecule has 0 atom stereocenters. The fraction of sp³-hybridized carbons (Fsp3) is 0.190. The van der Waals surface area contributed by atoms with Crippen LogP contribution in [-0.2, 0) is 19.6 Å². The molecule has 1 amide bonds. The molecular weight excluding hydrogens is 511 g/mol. The number of aliphatic carboxylic acids is 1. The summed E-state index contributed by atoms with van der Waals surface area (Å²) in [5.41, 5.74) is 2.95. The third-order valence-corrected chi connectivity index (χ3v) is 7.78. The SMILES string of the molecule is Cc1onc(-c2ccc(S(=O)(=O)NC(=O)OCCSSCC(=O)[O-])cc2)c1-c1ccccc1.[Na+]. The van der Waals surface area contributed by atoms with Crippen molar-refractivity contribution in [2.45, 2.75) is 11.8 Å². The summed E-state index contributed by atoms with van der Waals surface area (Å²) >= 11 is 0. The second-order valence-corrected chi connectivity index (χ2v) is 10.8. The largest absolute Gasteiger partial charge is 1.00 e. The normalized spacial score (nSPS) is 10.9. The van der Waals surface area contributed by atoms with Crippen LogP contribution >= 0.6 is 21.6 Å². The number of benzene rings is 2. The molecule has 0 saturated carbocycles. The summed E-state index contributed by atoms with van der Waals surface area (Å²) in [4.78, 5) is 22.0. The Morgan fingerprint density at radius 2 is 1.74 bits per heavy atom. The molecular formula is C21H19N2NaO7S3. The summed E-state index contributed by atoms with van der Waals surface area (Å²) < 4.78 is 36.9. The summed E-state index contributed by atoms with van der Waals surface area (Å²) in [7, 11) is -1.94. The molecule has 1 aromatic heterocycles. The van der Waals surface area contributed by atoms with Crippen molar-refractivity contribution in [3.8, 4) is 22.4 Å². The van der Waals surface area contributed by atoms with E-state index in [2.05, 4.69) is 5.16 Å². The first-order valence-corrected chi connectivity index (χ1v) is 13.5. The van der Waals surface area contributed by atoms with Crippen LogP contribution in [0.1, 0.15) is 5.76 Å². The van der Waals surface area contributed by atoms with Crippen molar-refractivity contribution >= 4 is 43.7 Å². The molecule has 3 aromatic rings. The zero-order valence-electron chi connectivity index (χ0n) is 18.3. The minimum Gasteiger partial charge on any atom is -0.549 e. The van der Waals surface area contributed by atoms with Crippen LogP contribution in [0.25, 0.3) is 22.4 Å². The molecule has 34 heavy (non-hydrogen) atoms. The van der Waals surface area contributed by atoms with E-state index in [9.17, 15) is 23.1 Å². The predicted octanol–water partition coefficient (Wildman–Crippen LogP) is -0.133. The van der Waals surface area contributed by atoms with Gasteiger partial charge in [0, 0.05) is 17.1 Å². The van der Waals surface area contributed by atoms with E-state index in [-0.39, 0.29) is 46.8 Å². The van der Waals surface area contributed by atoms with Gasteiger partial charge in [-0.25, -0.2) is 17.9 Å². The van der Waals surface area contributed by atoms with Crippen molar-refractivity contribution in [3.05, 3.63) is 60.4 Å². The molecule has 0 radical (unpaired) electrons. The van der Waals surface area contributed by atoms with Gasteiger partial charge < -0.3 is 19.2 Å². The summed E-state index contributed by atoms with van der Waals surface area (Å²) in [6.45, 7) is 1.71. The number of ether oxygens (including phenoxy) is 1. The number of hydrogen-bond acceptors (Lipinski definition) is 10. The number of carbonyl (C=O) groups excluding carboxylic acids is 2. The molecule has 0 aliphatic heterocycles. The minimum absolute atomic E-state index is 0. The van der Waals surface area contributed by atoms with Gasteiger partial charge in [0.05, 0.1) is 16.4 Å². The van der Waals surface area contributed by atoms with E-state index in [1.54, 1.807) is 19.1 Å². The number of carboxylic acids is 1. The number of carbonyl (C=O) groups is 2. The number of aromatic nitrogens is 1. The molecule has 1 N–H and O–H groups in total. The van der Waals surface area contributed by atoms with E-state index < -0.39 is 22.1 Å². The van der Waals surface area contributed by atoms with Crippen LogP contribution in [0.2, 0.25) is 0 Å². The van der Waals surface area contributed by atoms with Crippen LogP contribution in [0.3, 0.4) is 0 Å². The average molecular weight is 531 g/mol. The van der Waals surface area contributed by atoms with Gasteiger partial charge in [0.25, 0.3) is 10.0 Å². The van der Waals surface area contributed by atoms with Crippen molar-refractivity contribution in [3.63, 3.8) is 0 Å². The first kappa shape index (κ1) is 28.3. The van der Waals surface area contributed by atoms with E-state index in [0.717, 1.165) is 21.9 Å². The van der Waals surface area contributed by atoms with Crippen LogP contribution < -0.4 is 39.4 Å². The van der Waals surface area contributed by atoms with Gasteiger partial charge in [-0.2, -0.15) is 0 Å². The number of nitrogens with zero attached hydrogens (tertiary/aromatic N) is 1. The second-order valence-electron chi connectivity index (χ2n) is 6.55. The molecule has 0 bridgehead atoms. The maximum Gasteiger partial charge on any atom is 1.00 e. The van der Waals surface area contributed by atoms with Crippen molar-refractivity contribution in [1.29, 1.82) is 0 Å². The Morgan fingerprint density at radius 3 is 2.38 bits per heavy atom. The molecule has 174 valence electrons. The summed E-state index contributed by atoms with van der Waals surface area (Å²) in [5, 5.41) is 14.4. The predicted molar refractivity (Wildman–Crippen MR) is 124 cm³/mol. The van der Waals surface area contributed by atoms with Gasteiger partial charge in [0.2, 0.25) is 0 Å². The monoisotopic (exact) mass is 530 g/mol. The zero-order valence-corrected chi connectivity index (χ0v) is 22.8. The van der Waals surface area contributed by atoms with Gasteiger partial charge in [0.1, 0.15) is 18.1 Å². The van der Waals surface area contributed by atoms with E-state index in [1.165, 1.54) is 22.9 Å². The maximum absolute atomic E-state index is 12.5. The van der Waals surface area contributed by atoms with E-state index >= 15 is 0 Å². The van der Waals surface area contributed by atoms with Crippen LogP contribution in [0.15, 0.2) is 64.0 Å².